The maximum Gasteiger partial charge on any atom is 0.118 e. The summed E-state index contributed by atoms with van der Waals surface area (Å²) in [5.74, 6) is 0.275. The summed E-state index contributed by atoms with van der Waals surface area (Å²) < 4.78 is 0. The van der Waals surface area contributed by atoms with E-state index in [9.17, 15) is 5.11 Å². The van der Waals surface area contributed by atoms with Crippen molar-refractivity contribution in [2.45, 2.75) is 41.5 Å². The predicted molar refractivity (Wildman–Crippen MR) is 88.4 cm³/mol. The van der Waals surface area contributed by atoms with E-state index in [1.54, 1.807) is 13.0 Å². The predicted octanol–water partition coefficient (Wildman–Crippen LogP) is 3.72. The van der Waals surface area contributed by atoms with Crippen molar-refractivity contribution in [1.29, 1.82) is 0 Å². The van der Waals surface area contributed by atoms with Crippen LogP contribution in [0.4, 0.5) is 0 Å². The number of hydrogen-bond acceptors (Lipinski definition) is 1. The molecule has 0 saturated carbocycles. The first-order valence-corrected chi connectivity index (χ1v) is 6.83. The molecule has 1 N–H and O–H groups in total. The molecule has 0 aromatic heterocycles. The summed E-state index contributed by atoms with van der Waals surface area (Å²) in [4.78, 5) is 0. The van der Waals surface area contributed by atoms with Gasteiger partial charge in [-0.2, -0.15) is 0 Å². The number of rotatable bonds is 0. The highest BCUT2D eigenvalue weighted by atomic mass is 16.3. The van der Waals surface area contributed by atoms with Gasteiger partial charge in [-0.05, 0) is 81.0 Å². The van der Waals surface area contributed by atoms with E-state index in [0.29, 0.717) is 5.46 Å². The van der Waals surface area contributed by atoms with Crippen molar-refractivity contribution < 1.29 is 5.11 Å². The van der Waals surface area contributed by atoms with Gasteiger partial charge in [-0.3, -0.25) is 0 Å². The minimum absolute atomic E-state index is 0.275. The number of aromatic hydroxyl groups is 1. The zero-order valence-corrected chi connectivity index (χ0v) is 13.3. The lowest BCUT2D eigenvalue weighted by Crippen LogP contribution is -2.07. The number of benzene rings is 2. The molecular weight excluding hydrogens is 243 g/mol. The summed E-state index contributed by atoms with van der Waals surface area (Å²) in [6.45, 7) is 12.4. The molecule has 20 heavy (non-hydrogen) atoms. The molecule has 0 aliphatic heterocycles. The lowest BCUT2D eigenvalue weighted by atomic mass is 9.89. The third kappa shape index (κ3) is 3.90. The van der Waals surface area contributed by atoms with Gasteiger partial charge >= 0.3 is 0 Å². The van der Waals surface area contributed by atoms with Gasteiger partial charge in [0.1, 0.15) is 13.6 Å². The Bertz CT molecular complexity index is 565. The smallest absolute Gasteiger partial charge is 0.118 e. The van der Waals surface area contributed by atoms with Gasteiger partial charge < -0.3 is 5.11 Å². The molecule has 1 nitrogen and oxygen atoms in total. The van der Waals surface area contributed by atoms with Gasteiger partial charge in [0.25, 0.3) is 0 Å². The Labute approximate surface area is 124 Å². The van der Waals surface area contributed by atoms with E-state index in [2.05, 4.69) is 39.8 Å². The second kappa shape index (κ2) is 6.65. The van der Waals surface area contributed by atoms with E-state index in [1.165, 1.54) is 22.3 Å². The Morgan fingerprint density at radius 1 is 0.750 bits per heavy atom. The molecule has 2 aromatic rings. The SMILES string of the molecule is Cc1ccc(C)c(C)c1C.[B]c1cc(C)cc(O)c1C. The first-order chi connectivity index (χ1) is 9.23. The number of phenolic OH excluding ortho intramolecular Hbond substituents is 1. The van der Waals surface area contributed by atoms with Crippen LogP contribution in [-0.4, -0.2) is 13.0 Å². The Balaban J connectivity index is 0.000000200. The van der Waals surface area contributed by atoms with Gasteiger partial charge in [-0.15, -0.1) is 0 Å². The molecule has 0 amide bonds. The van der Waals surface area contributed by atoms with E-state index in [0.717, 1.165) is 11.1 Å². The standard InChI is InChI=1S/C10H14.C8H9BO/c1-7-5-6-8(2)10(4)9(7)3;1-5-3-7(9)6(2)8(10)4-5/h5-6H,1-4H3;3-4,10H,1-2H3. The van der Waals surface area contributed by atoms with Crippen LogP contribution < -0.4 is 5.46 Å². The fourth-order valence-electron chi connectivity index (χ4n) is 1.96. The zero-order chi connectivity index (χ0) is 15.4. The van der Waals surface area contributed by atoms with Gasteiger partial charge in [-0.25, -0.2) is 0 Å². The van der Waals surface area contributed by atoms with Crippen molar-refractivity contribution >= 4 is 13.3 Å². The van der Waals surface area contributed by atoms with E-state index in [4.69, 9.17) is 7.85 Å². The van der Waals surface area contributed by atoms with E-state index < -0.39 is 0 Å². The normalized spacial score (nSPS) is 9.90. The lowest BCUT2D eigenvalue weighted by Gasteiger charge is -2.06. The third-order valence-corrected chi connectivity index (χ3v) is 3.89. The topological polar surface area (TPSA) is 20.2 Å². The van der Waals surface area contributed by atoms with Gasteiger partial charge in [0.2, 0.25) is 0 Å². The molecule has 104 valence electrons. The Hall–Kier alpha value is -1.70. The molecule has 2 rings (SSSR count). The second-order valence-electron chi connectivity index (χ2n) is 5.45. The fourth-order valence-corrected chi connectivity index (χ4v) is 1.96. The van der Waals surface area contributed by atoms with Crippen LogP contribution in [0.5, 0.6) is 5.75 Å². The van der Waals surface area contributed by atoms with Gasteiger partial charge in [0, 0.05) is 0 Å². The second-order valence-corrected chi connectivity index (χ2v) is 5.45. The molecule has 0 bridgehead atoms. The molecule has 0 spiro atoms. The van der Waals surface area contributed by atoms with Crippen LogP contribution in [0.3, 0.4) is 0 Å². The maximum atomic E-state index is 9.20. The molecule has 0 atom stereocenters. The minimum atomic E-state index is 0.275. The number of hydrogen-bond donors (Lipinski definition) is 1. The average Bonchev–Trinajstić information content (AvgIpc) is 2.39. The molecular formula is C18H23BO. The largest absolute Gasteiger partial charge is 0.508 e. The Kier molecular flexibility index (Phi) is 5.44. The van der Waals surface area contributed by atoms with Gasteiger partial charge in [0.05, 0.1) is 0 Å². The Morgan fingerprint density at radius 3 is 1.60 bits per heavy atom. The molecule has 0 aliphatic rings. The fraction of sp³-hybridized carbons (Fsp3) is 0.333. The highest BCUT2D eigenvalue weighted by Gasteiger charge is 1.98. The van der Waals surface area contributed by atoms with Crippen LogP contribution in [0.1, 0.15) is 33.4 Å². The molecule has 2 aromatic carbocycles. The summed E-state index contributed by atoms with van der Waals surface area (Å²) >= 11 is 0. The quantitative estimate of drug-likeness (QED) is 0.720. The Morgan fingerprint density at radius 2 is 1.20 bits per heavy atom. The van der Waals surface area contributed by atoms with E-state index in [-0.39, 0.29) is 5.75 Å². The van der Waals surface area contributed by atoms with Crippen molar-refractivity contribution in [3.05, 3.63) is 57.6 Å². The lowest BCUT2D eigenvalue weighted by molar-refractivity contribution is 0.471. The summed E-state index contributed by atoms with van der Waals surface area (Å²) in [6.07, 6.45) is 0. The summed E-state index contributed by atoms with van der Waals surface area (Å²) in [5, 5.41) is 9.20. The molecule has 0 heterocycles. The molecule has 0 aliphatic carbocycles. The van der Waals surface area contributed by atoms with Crippen molar-refractivity contribution in [2.24, 2.45) is 0 Å². The maximum absolute atomic E-state index is 9.20. The summed E-state index contributed by atoms with van der Waals surface area (Å²) in [7, 11) is 5.56. The van der Waals surface area contributed by atoms with E-state index in [1.807, 2.05) is 13.0 Å². The summed E-state index contributed by atoms with van der Waals surface area (Å²) in [5.41, 5.74) is 8.04. The van der Waals surface area contributed by atoms with Crippen LogP contribution in [0.2, 0.25) is 0 Å². The van der Waals surface area contributed by atoms with Crippen LogP contribution in [-0.2, 0) is 0 Å². The number of phenols is 1. The van der Waals surface area contributed by atoms with Gasteiger partial charge in [0.15, 0.2) is 0 Å². The number of aryl methyl sites for hydroxylation is 3. The third-order valence-electron chi connectivity index (χ3n) is 3.89. The zero-order valence-electron chi connectivity index (χ0n) is 13.3. The van der Waals surface area contributed by atoms with Crippen molar-refractivity contribution in [2.75, 3.05) is 0 Å². The highest BCUT2D eigenvalue weighted by Crippen LogP contribution is 2.15. The minimum Gasteiger partial charge on any atom is -0.508 e. The van der Waals surface area contributed by atoms with E-state index >= 15 is 0 Å². The first-order valence-electron chi connectivity index (χ1n) is 6.83. The van der Waals surface area contributed by atoms with Crippen LogP contribution in [0.25, 0.3) is 0 Å². The monoisotopic (exact) mass is 266 g/mol. The molecule has 0 saturated heterocycles. The van der Waals surface area contributed by atoms with Crippen molar-refractivity contribution in [1.82, 2.24) is 0 Å². The summed E-state index contributed by atoms with van der Waals surface area (Å²) in [6, 6.07) is 7.90. The van der Waals surface area contributed by atoms with Crippen molar-refractivity contribution in [3.63, 3.8) is 0 Å². The first kappa shape index (κ1) is 16.4. The molecule has 2 radical (unpaired) electrons. The molecule has 0 unspecified atom stereocenters. The highest BCUT2D eigenvalue weighted by molar-refractivity contribution is 6.33. The average molecular weight is 266 g/mol. The van der Waals surface area contributed by atoms with Gasteiger partial charge in [-0.1, -0.05) is 23.7 Å². The molecule has 0 fully saturated rings. The van der Waals surface area contributed by atoms with Crippen LogP contribution in [0, 0.1) is 41.5 Å². The van der Waals surface area contributed by atoms with Crippen molar-refractivity contribution in [3.8, 4) is 5.75 Å². The molecule has 2 heteroatoms. The van der Waals surface area contributed by atoms with Crippen LogP contribution >= 0.6 is 0 Å². The van der Waals surface area contributed by atoms with Crippen LogP contribution in [0.15, 0.2) is 24.3 Å².